The molecule has 0 aromatic carbocycles. The van der Waals surface area contributed by atoms with Gasteiger partial charge in [-0.1, -0.05) is 5.92 Å². The monoisotopic (exact) mass is 525 g/mol. The number of terminal acetylenes is 1. The summed E-state index contributed by atoms with van der Waals surface area (Å²) >= 11 is 0. The highest BCUT2D eigenvalue weighted by atomic mass is 16.2. The molecule has 0 saturated carbocycles. The highest BCUT2D eigenvalue weighted by Gasteiger charge is 2.48. The molecule has 3 fully saturated rings. The van der Waals surface area contributed by atoms with E-state index in [4.69, 9.17) is 11.4 Å². The Kier molecular flexibility index (Phi) is 5.36. The summed E-state index contributed by atoms with van der Waals surface area (Å²) in [5.74, 6) is 3.33. The second-order valence-electron chi connectivity index (χ2n) is 10.2. The van der Waals surface area contributed by atoms with Crippen LogP contribution in [0.5, 0.6) is 0 Å². The number of anilines is 1. The lowest BCUT2D eigenvalue weighted by Crippen LogP contribution is -2.70. The SMILES string of the molecule is C#Cc1ccc(C(=O)N2C3CC2CN(c2ccc(-c4cc(-c5cnn(C)c5)cn5ncc(C#N)c45)cn2)C3)nc1. The van der Waals surface area contributed by atoms with Gasteiger partial charge in [0.15, 0.2) is 0 Å². The van der Waals surface area contributed by atoms with Gasteiger partial charge in [-0.2, -0.15) is 15.5 Å². The van der Waals surface area contributed by atoms with Gasteiger partial charge in [0.2, 0.25) is 0 Å². The van der Waals surface area contributed by atoms with Gasteiger partial charge in [-0.3, -0.25) is 9.48 Å². The first-order valence-corrected chi connectivity index (χ1v) is 12.9. The molecular weight excluding hydrogens is 502 g/mol. The fraction of sp³-hybridized carbons (Fsp3) is 0.200. The number of carbonyl (C=O) groups is 1. The van der Waals surface area contributed by atoms with Gasteiger partial charge in [-0.05, 0) is 36.8 Å². The first kappa shape index (κ1) is 23.6. The number of hydrogen-bond acceptors (Lipinski definition) is 7. The summed E-state index contributed by atoms with van der Waals surface area (Å²) in [6.45, 7) is 1.41. The Morgan fingerprint density at radius 2 is 1.82 bits per heavy atom. The first-order chi connectivity index (χ1) is 19.5. The number of aromatic nitrogens is 6. The largest absolute Gasteiger partial charge is 0.352 e. The van der Waals surface area contributed by atoms with Gasteiger partial charge in [-0.25, -0.2) is 14.5 Å². The third-order valence-electron chi connectivity index (χ3n) is 7.73. The maximum absolute atomic E-state index is 13.1. The molecule has 40 heavy (non-hydrogen) atoms. The van der Waals surface area contributed by atoms with Gasteiger partial charge in [0.05, 0.1) is 35.6 Å². The standard InChI is InChI=1S/C30H23N9O/c1-3-19-4-6-27(32-11-19)30(40)39-24-9-25(39)18-37(17-24)28-7-5-20(12-33-28)26-8-21(23-14-34-36(2)15-23)16-38-29(26)22(10-31)13-35-38/h1,4-8,11-16,24-25H,9,17-18H2,2H3. The Bertz CT molecular complexity index is 1840. The van der Waals surface area contributed by atoms with E-state index in [9.17, 15) is 10.1 Å². The molecular formula is C30H23N9O. The second kappa shape index (κ2) is 9.07. The molecule has 1 amide bonds. The van der Waals surface area contributed by atoms with Crippen molar-refractivity contribution in [3.63, 3.8) is 0 Å². The summed E-state index contributed by atoms with van der Waals surface area (Å²) in [6, 6.07) is 12.0. The number of aryl methyl sites for hydroxylation is 1. The van der Waals surface area contributed by atoms with Crippen LogP contribution in [0, 0.1) is 23.7 Å². The van der Waals surface area contributed by atoms with Gasteiger partial charge in [0.25, 0.3) is 5.91 Å². The van der Waals surface area contributed by atoms with Crippen LogP contribution in [0.25, 0.3) is 27.8 Å². The second-order valence-corrected chi connectivity index (χ2v) is 10.2. The number of piperidine rings is 1. The fourth-order valence-corrected chi connectivity index (χ4v) is 5.75. The third kappa shape index (κ3) is 3.77. The van der Waals surface area contributed by atoms with Crippen molar-refractivity contribution >= 4 is 17.2 Å². The molecule has 8 heterocycles. The molecule has 2 unspecified atom stereocenters. The smallest absolute Gasteiger partial charge is 0.273 e. The Labute approximate surface area is 230 Å². The van der Waals surface area contributed by atoms with Crippen LogP contribution in [0.3, 0.4) is 0 Å². The van der Waals surface area contributed by atoms with E-state index in [1.54, 1.807) is 39.9 Å². The van der Waals surface area contributed by atoms with Crippen molar-refractivity contribution in [3.05, 3.63) is 84.3 Å². The molecule has 10 heteroatoms. The highest BCUT2D eigenvalue weighted by molar-refractivity contribution is 5.94. The number of amides is 1. The molecule has 0 aliphatic carbocycles. The number of piperazine rings is 1. The maximum atomic E-state index is 13.1. The lowest BCUT2D eigenvalue weighted by atomic mass is 9.87. The lowest BCUT2D eigenvalue weighted by Gasteiger charge is -2.56. The van der Waals surface area contributed by atoms with Crippen molar-refractivity contribution in [1.29, 1.82) is 5.26 Å². The number of carbonyl (C=O) groups excluding carboxylic acids is 1. The molecule has 3 aliphatic rings. The van der Waals surface area contributed by atoms with Gasteiger partial charge in [0, 0.05) is 72.7 Å². The van der Waals surface area contributed by atoms with Gasteiger partial charge in [-0.15, -0.1) is 6.42 Å². The molecule has 10 nitrogen and oxygen atoms in total. The molecule has 194 valence electrons. The normalized spacial score (nSPS) is 17.8. The van der Waals surface area contributed by atoms with E-state index in [1.165, 1.54) is 0 Å². The highest BCUT2D eigenvalue weighted by Crippen LogP contribution is 2.36. The Hall–Kier alpha value is -5.48. The van der Waals surface area contributed by atoms with Crippen molar-refractivity contribution in [2.45, 2.75) is 18.5 Å². The molecule has 5 aromatic heterocycles. The zero-order valence-corrected chi connectivity index (χ0v) is 21.6. The van der Waals surface area contributed by atoms with Crippen molar-refractivity contribution < 1.29 is 4.79 Å². The van der Waals surface area contributed by atoms with Gasteiger partial charge >= 0.3 is 0 Å². The summed E-state index contributed by atoms with van der Waals surface area (Å²) in [6.07, 6.45) is 17.0. The van der Waals surface area contributed by atoms with Crippen LogP contribution in [0.2, 0.25) is 0 Å². The predicted octanol–water partition coefficient (Wildman–Crippen LogP) is 3.15. The topological polar surface area (TPSA) is 108 Å². The summed E-state index contributed by atoms with van der Waals surface area (Å²) in [5.41, 5.74) is 5.97. The summed E-state index contributed by atoms with van der Waals surface area (Å²) < 4.78 is 3.49. The Balaban J connectivity index is 1.14. The number of rotatable bonds is 4. The molecule has 3 aliphatic heterocycles. The number of nitrogens with zero attached hydrogens (tertiary/aromatic N) is 9. The van der Waals surface area contributed by atoms with Crippen LogP contribution in [-0.4, -0.2) is 65.3 Å². The summed E-state index contributed by atoms with van der Waals surface area (Å²) in [4.78, 5) is 26.3. The van der Waals surface area contributed by atoms with E-state index in [-0.39, 0.29) is 18.0 Å². The van der Waals surface area contributed by atoms with Crippen molar-refractivity contribution in [3.8, 4) is 40.7 Å². The minimum absolute atomic E-state index is 0.0561. The Morgan fingerprint density at radius 1 is 0.975 bits per heavy atom. The first-order valence-electron chi connectivity index (χ1n) is 12.9. The van der Waals surface area contributed by atoms with Crippen LogP contribution < -0.4 is 4.90 Å². The van der Waals surface area contributed by atoms with Crippen LogP contribution in [0.1, 0.15) is 28.0 Å². The molecule has 0 N–H and O–H groups in total. The average Bonchev–Trinajstić information content (AvgIpc) is 3.62. The third-order valence-corrected chi connectivity index (χ3v) is 7.73. The predicted molar refractivity (Wildman–Crippen MR) is 148 cm³/mol. The number of pyridine rings is 3. The summed E-state index contributed by atoms with van der Waals surface area (Å²) in [7, 11) is 1.88. The minimum atomic E-state index is -0.0561. The van der Waals surface area contributed by atoms with E-state index < -0.39 is 0 Å². The molecule has 0 spiro atoms. The fourth-order valence-electron chi connectivity index (χ4n) is 5.75. The summed E-state index contributed by atoms with van der Waals surface area (Å²) in [5, 5.41) is 18.4. The number of fused-ring (bicyclic) bond motifs is 3. The van der Waals surface area contributed by atoms with Crippen LogP contribution in [0.4, 0.5) is 5.82 Å². The zero-order chi connectivity index (χ0) is 27.4. The Morgan fingerprint density at radius 3 is 2.48 bits per heavy atom. The molecule has 5 aromatic rings. The number of hydrogen-bond donors (Lipinski definition) is 0. The number of nitriles is 1. The van der Waals surface area contributed by atoms with Gasteiger partial charge in [0.1, 0.15) is 17.6 Å². The maximum Gasteiger partial charge on any atom is 0.273 e. The van der Waals surface area contributed by atoms with Crippen molar-refractivity contribution in [2.75, 3.05) is 18.0 Å². The van der Waals surface area contributed by atoms with E-state index in [2.05, 4.69) is 38.1 Å². The van der Waals surface area contributed by atoms with Crippen LogP contribution >= 0.6 is 0 Å². The molecule has 3 saturated heterocycles. The average molecular weight is 526 g/mol. The van der Waals surface area contributed by atoms with E-state index >= 15 is 0 Å². The molecule has 2 atom stereocenters. The molecule has 8 rings (SSSR count). The quantitative estimate of drug-likeness (QED) is 0.332. The van der Waals surface area contributed by atoms with Gasteiger partial charge < -0.3 is 9.80 Å². The minimum Gasteiger partial charge on any atom is -0.352 e. The van der Waals surface area contributed by atoms with E-state index in [0.29, 0.717) is 29.9 Å². The van der Waals surface area contributed by atoms with E-state index in [1.807, 2.05) is 42.7 Å². The van der Waals surface area contributed by atoms with E-state index in [0.717, 1.165) is 40.0 Å². The zero-order valence-electron chi connectivity index (χ0n) is 21.6. The van der Waals surface area contributed by atoms with Crippen LogP contribution in [0.15, 0.2) is 67.5 Å². The lowest BCUT2D eigenvalue weighted by molar-refractivity contribution is 0.00525. The van der Waals surface area contributed by atoms with Crippen molar-refractivity contribution in [2.24, 2.45) is 7.05 Å². The van der Waals surface area contributed by atoms with Crippen molar-refractivity contribution in [1.82, 2.24) is 34.3 Å². The molecule has 0 radical (unpaired) electrons. The molecule has 2 bridgehead atoms. The van der Waals surface area contributed by atoms with Crippen LogP contribution in [-0.2, 0) is 7.05 Å².